The zero-order valence-corrected chi connectivity index (χ0v) is 10.5. The smallest absolute Gasteiger partial charge is 0.127 e. The minimum absolute atomic E-state index is 0.148. The van der Waals surface area contributed by atoms with Gasteiger partial charge in [0.1, 0.15) is 18.2 Å². The quantitative estimate of drug-likeness (QED) is 0.733. The second kappa shape index (κ2) is 7.07. The van der Waals surface area contributed by atoms with Gasteiger partial charge in [-0.05, 0) is 26.0 Å². The first-order valence-electron chi connectivity index (χ1n) is 5.95. The Labute approximate surface area is 102 Å². The fourth-order valence-corrected chi connectivity index (χ4v) is 1.61. The van der Waals surface area contributed by atoms with Crippen LogP contribution >= 0.6 is 0 Å². The third-order valence-electron chi connectivity index (χ3n) is 2.50. The molecule has 0 heterocycles. The highest BCUT2D eigenvalue weighted by molar-refractivity contribution is 5.36. The average molecular weight is 237 g/mol. The molecule has 1 aromatic carbocycles. The molecule has 0 fully saturated rings. The van der Waals surface area contributed by atoms with E-state index >= 15 is 0 Å². The summed E-state index contributed by atoms with van der Waals surface area (Å²) in [6.45, 7) is 9.06. The molecule has 1 N–H and O–H groups in total. The van der Waals surface area contributed by atoms with Gasteiger partial charge in [0, 0.05) is 17.7 Å². The van der Waals surface area contributed by atoms with Gasteiger partial charge in [-0.15, -0.1) is 0 Å². The van der Waals surface area contributed by atoms with E-state index in [1.807, 2.05) is 6.92 Å². The van der Waals surface area contributed by atoms with Crippen molar-refractivity contribution in [3.63, 3.8) is 0 Å². The normalized spacial score (nSPS) is 12.2. The van der Waals surface area contributed by atoms with Crippen molar-refractivity contribution in [2.75, 3.05) is 13.2 Å². The van der Waals surface area contributed by atoms with E-state index in [9.17, 15) is 4.39 Å². The highest BCUT2D eigenvalue weighted by Gasteiger charge is 2.11. The third-order valence-corrected chi connectivity index (χ3v) is 2.50. The zero-order chi connectivity index (χ0) is 12.7. The van der Waals surface area contributed by atoms with Crippen molar-refractivity contribution in [3.05, 3.63) is 42.2 Å². The summed E-state index contributed by atoms with van der Waals surface area (Å²) in [6.07, 6.45) is 2.72. The van der Waals surface area contributed by atoms with Crippen LogP contribution in [0.1, 0.15) is 31.9 Å². The maximum atomic E-state index is 13.2. The van der Waals surface area contributed by atoms with Crippen LogP contribution in [0.15, 0.2) is 30.9 Å². The van der Waals surface area contributed by atoms with Crippen LogP contribution in [0.4, 0.5) is 4.39 Å². The van der Waals surface area contributed by atoms with Crippen molar-refractivity contribution in [2.24, 2.45) is 0 Å². The lowest BCUT2D eigenvalue weighted by Crippen LogP contribution is -2.20. The van der Waals surface area contributed by atoms with Crippen LogP contribution < -0.4 is 10.1 Å². The van der Waals surface area contributed by atoms with Crippen LogP contribution in [0, 0.1) is 5.82 Å². The molecular formula is C14H20FNO. The summed E-state index contributed by atoms with van der Waals surface area (Å²) >= 11 is 0. The maximum Gasteiger partial charge on any atom is 0.127 e. The van der Waals surface area contributed by atoms with E-state index in [-0.39, 0.29) is 11.9 Å². The number of halogens is 1. The molecule has 0 saturated heterocycles. The first-order chi connectivity index (χ1) is 8.19. The minimum atomic E-state index is -0.282. The minimum Gasteiger partial charge on any atom is -0.489 e. The van der Waals surface area contributed by atoms with Gasteiger partial charge in [0.2, 0.25) is 0 Å². The Morgan fingerprint density at radius 1 is 1.53 bits per heavy atom. The topological polar surface area (TPSA) is 21.3 Å². The molecule has 94 valence electrons. The molecule has 0 aliphatic heterocycles. The third kappa shape index (κ3) is 4.19. The first kappa shape index (κ1) is 13.7. The highest BCUT2D eigenvalue weighted by Crippen LogP contribution is 2.26. The van der Waals surface area contributed by atoms with Crippen molar-refractivity contribution in [3.8, 4) is 5.75 Å². The summed E-state index contributed by atoms with van der Waals surface area (Å²) in [5, 5.41) is 3.36. The summed E-state index contributed by atoms with van der Waals surface area (Å²) in [4.78, 5) is 0. The second-order valence-electron chi connectivity index (χ2n) is 3.96. The van der Waals surface area contributed by atoms with Crippen molar-refractivity contribution in [1.29, 1.82) is 0 Å². The molecule has 0 aliphatic rings. The molecule has 17 heavy (non-hydrogen) atoms. The Kier molecular flexibility index (Phi) is 5.70. The largest absolute Gasteiger partial charge is 0.489 e. The first-order valence-corrected chi connectivity index (χ1v) is 5.95. The van der Waals surface area contributed by atoms with Crippen LogP contribution in [0.3, 0.4) is 0 Å². The number of rotatable bonds is 7. The molecule has 0 aromatic heterocycles. The molecular weight excluding hydrogens is 217 g/mol. The fraction of sp³-hybridized carbons (Fsp3) is 0.429. The van der Waals surface area contributed by atoms with E-state index in [1.165, 1.54) is 12.1 Å². The van der Waals surface area contributed by atoms with Gasteiger partial charge in [0.25, 0.3) is 0 Å². The van der Waals surface area contributed by atoms with Crippen molar-refractivity contribution in [2.45, 2.75) is 26.3 Å². The van der Waals surface area contributed by atoms with E-state index in [2.05, 4.69) is 18.8 Å². The van der Waals surface area contributed by atoms with Crippen LogP contribution in [-0.4, -0.2) is 13.2 Å². The van der Waals surface area contributed by atoms with E-state index in [4.69, 9.17) is 4.74 Å². The van der Waals surface area contributed by atoms with E-state index in [0.717, 1.165) is 18.5 Å². The van der Waals surface area contributed by atoms with Crippen LogP contribution in [0.2, 0.25) is 0 Å². The Bertz CT molecular complexity index is 365. The number of hydrogen-bond acceptors (Lipinski definition) is 2. The maximum absolute atomic E-state index is 13.2. The standard InChI is InChI=1S/C14H20FNO/c1-4-8-16-11(3)13-7-6-12(15)10-14(13)17-9-5-2/h5-7,10-11,16H,2,4,8-9H2,1,3H3. The Morgan fingerprint density at radius 3 is 2.94 bits per heavy atom. The van der Waals surface area contributed by atoms with Gasteiger partial charge in [0.15, 0.2) is 0 Å². The molecule has 1 rings (SSSR count). The van der Waals surface area contributed by atoms with Gasteiger partial charge < -0.3 is 10.1 Å². The Hall–Kier alpha value is -1.35. The van der Waals surface area contributed by atoms with Crippen molar-refractivity contribution in [1.82, 2.24) is 5.32 Å². The fourth-order valence-electron chi connectivity index (χ4n) is 1.61. The lowest BCUT2D eigenvalue weighted by molar-refractivity contribution is 0.351. The Balaban J connectivity index is 2.84. The van der Waals surface area contributed by atoms with Crippen LogP contribution in [0.5, 0.6) is 5.75 Å². The van der Waals surface area contributed by atoms with E-state index in [0.29, 0.717) is 12.4 Å². The van der Waals surface area contributed by atoms with E-state index < -0.39 is 0 Å². The van der Waals surface area contributed by atoms with Gasteiger partial charge in [-0.2, -0.15) is 0 Å². The molecule has 0 saturated carbocycles. The zero-order valence-electron chi connectivity index (χ0n) is 10.5. The van der Waals surface area contributed by atoms with Crippen molar-refractivity contribution >= 4 is 0 Å². The lowest BCUT2D eigenvalue weighted by atomic mass is 10.1. The van der Waals surface area contributed by atoms with Gasteiger partial charge >= 0.3 is 0 Å². The molecule has 1 aromatic rings. The van der Waals surface area contributed by atoms with Crippen LogP contribution in [-0.2, 0) is 0 Å². The molecule has 3 heteroatoms. The van der Waals surface area contributed by atoms with Gasteiger partial charge in [-0.3, -0.25) is 0 Å². The number of ether oxygens (including phenoxy) is 1. The second-order valence-corrected chi connectivity index (χ2v) is 3.96. The number of hydrogen-bond donors (Lipinski definition) is 1. The van der Waals surface area contributed by atoms with Gasteiger partial charge in [-0.25, -0.2) is 4.39 Å². The summed E-state index contributed by atoms with van der Waals surface area (Å²) in [5.74, 6) is 0.302. The molecule has 2 nitrogen and oxygen atoms in total. The molecule has 1 atom stereocenters. The highest BCUT2D eigenvalue weighted by atomic mass is 19.1. The SMILES string of the molecule is C=CCOc1cc(F)ccc1C(C)NCCC. The summed E-state index contributed by atoms with van der Waals surface area (Å²) in [5.41, 5.74) is 0.974. The predicted octanol–water partition coefficient (Wildman–Crippen LogP) is 3.45. The molecule has 1 unspecified atom stereocenters. The number of nitrogens with one attached hydrogen (secondary N) is 1. The van der Waals surface area contributed by atoms with Crippen LogP contribution in [0.25, 0.3) is 0 Å². The number of benzene rings is 1. The molecule has 0 aliphatic carbocycles. The summed E-state index contributed by atoms with van der Waals surface area (Å²) in [7, 11) is 0. The molecule has 0 bridgehead atoms. The molecule has 0 radical (unpaired) electrons. The average Bonchev–Trinajstić information content (AvgIpc) is 2.33. The predicted molar refractivity (Wildman–Crippen MR) is 68.8 cm³/mol. The molecule has 0 spiro atoms. The lowest BCUT2D eigenvalue weighted by Gasteiger charge is -2.17. The van der Waals surface area contributed by atoms with E-state index in [1.54, 1.807) is 12.1 Å². The van der Waals surface area contributed by atoms with Gasteiger partial charge in [0.05, 0.1) is 0 Å². The molecule has 0 amide bonds. The Morgan fingerprint density at radius 2 is 2.29 bits per heavy atom. The van der Waals surface area contributed by atoms with Gasteiger partial charge in [-0.1, -0.05) is 25.6 Å². The summed E-state index contributed by atoms with van der Waals surface area (Å²) in [6, 6.07) is 4.79. The monoisotopic (exact) mass is 237 g/mol. The van der Waals surface area contributed by atoms with Crippen molar-refractivity contribution < 1.29 is 9.13 Å². The summed E-state index contributed by atoms with van der Waals surface area (Å²) < 4.78 is 18.6.